The molecule has 2 amide bonds. The van der Waals surface area contributed by atoms with Crippen molar-refractivity contribution in [3.63, 3.8) is 0 Å². The van der Waals surface area contributed by atoms with Gasteiger partial charge >= 0.3 is 0 Å². The highest BCUT2D eigenvalue weighted by atomic mass is 32.2. The predicted molar refractivity (Wildman–Crippen MR) is 66.9 cm³/mol. The van der Waals surface area contributed by atoms with Crippen LogP contribution in [0.4, 0.5) is 0 Å². The first kappa shape index (κ1) is 14.2. The molecular formula is C11H20N2O3S. The molecular weight excluding hydrogens is 240 g/mol. The van der Waals surface area contributed by atoms with Crippen LogP contribution in [0.3, 0.4) is 0 Å². The SMILES string of the molecule is CC(C)C1C(=O)NCC(=O)N1CC(C)S(C)=O. The summed E-state index contributed by atoms with van der Waals surface area (Å²) in [5, 5.41) is 2.47. The average Bonchev–Trinajstić information content (AvgIpc) is 2.22. The van der Waals surface area contributed by atoms with E-state index in [0.717, 1.165) is 0 Å². The lowest BCUT2D eigenvalue weighted by atomic mass is 9.99. The lowest BCUT2D eigenvalue weighted by Crippen LogP contribution is -2.61. The largest absolute Gasteiger partial charge is 0.345 e. The van der Waals surface area contributed by atoms with Crippen LogP contribution in [0.15, 0.2) is 0 Å². The van der Waals surface area contributed by atoms with E-state index in [-0.39, 0.29) is 29.5 Å². The summed E-state index contributed by atoms with van der Waals surface area (Å²) >= 11 is 0. The molecule has 1 aliphatic rings. The molecule has 0 radical (unpaired) electrons. The fraction of sp³-hybridized carbons (Fsp3) is 0.818. The third-order valence-corrected chi connectivity index (χ3v) is 4.27. The van der Waals surface area contributed by atoms with Crippen LogP contribution in [0.2, 0.25) is 0 Å². The summed E-state index contributed by atoms with van der Waals surface area (Å²) in [7, 11) is -0.992. The Labute approximate surface area is 104 Å². The molecule has 1 rings (SSSR count). The zero-order valence-corrected chi connectivity index (χ0v) is 11.5. The van der Waals surface area contributed by atoms with Gasteiger partial charge in [-0.1, -0.05) is 13.8 Å². The second-order valence-corrected chi connectivity index (χ2v) is 6.56. The molecule has 1 aliphatic heterocycles. The highest BCUT2D eigenvalue weighted by Gasteiger charge is 2.37. The number of nitrogens with one attached hydrogen (secondary N) is 1. The van der Waals surface area contributed by atoms with Crippen molar-refractivity contribution in [2.24, 2.45) is 5.92 Å². The summed E-state index contributed by atoms with van der Waals surface area (Å²) in [6, 6.07) is -0.442. The minimum absolute atomic E-state index is 0.0467. The van der Waals surface area contributed by atoms with E-state index in [9.17, 15) is 13.8 Å². The summed E-state index contributed by atoms with van der Waals surface area (Å²) in [6.45, 7) is 6.06. The molecule has 0 aromatic rings. The first-order chi connectivity index (χ1) is 7.84. The molecule has 3 atom stereocenters. The molecule has 1 saturated heterocycles. The molecule has 0 aliphatic carbocycles. The molecule has 6 heteroatoms. The molecule has 0 spiro atoms. The second-order valence-electron chi connectivity index (χ2n) is 4.76. The Balaban J connectivity index is 2.85. The number of hydrogen-bond acceptors (Lipinski definition) is 3. The Morgan fingerprint density at radius 2 is 2.00 bits per heavy atom. The number of nitrogens with zero attached hydrogens (tertiary/aromatic N) is 1. The fourth-order valence-electron chi connectivity index (χ4n) is 1.93. The fourth-order valence-corrected chi connectivity index (χ4v) is 2.30. The smallest absolute Gasteiger partial charge is 0.243 e. The molecule has 1 fully saturated rings. The van der Waals surface area contributed by atoms with E-state index in [2.05, 4.69) is 5.32 Å². The number of hydrogen-bond donors (Lipinski definition) is 1. The summed E-state index contributed by atoms with van der Waals surface area (Å²) < 4.78 is 11.4. The van der Waals surface area contributed by atoms with Gasteiger partial charge in [0.05, 0.1) is 6.54 Å². The topological polar surface area (TPSA) is 66.5 Å². The molecule has 17 heavy (non-hydrogen) atoms. The van der Waals surface area contributed by atoms with Crippen molar-refractivity contribution < 1.29 is 13.8 Å². The van der Waals surface area contributed by atoms with Gasteiger partial charge in [-0.25, -0.2) is 0 Å². The Kier molecular flexibility index (Phi) is 4.68. The van der Waals surface area contributed by atoms with Crippen LogP contribution in [-0.4, -0.2) is 51.6 Å². The average molecular weight is 260 g/mol. The van der Waals surface area contributed by atoms with Crippen LogP contribution in [0, 0.1) is 5.92 Å². The third-order valence-electron chi connectivity index (χ3n) is 2.99. The van der Waals surface area contributed by atoms with E-state index in [1.807, 2.05) is 20.8 Å². The molecule has 98 valence electrons. The van der Waals surface area contributed by atoms with Gasteiger partial charge in [-0.05, 0) is 12.8 Å². The quantitative estimate of drug-likeness (QED) is 0.757. The minimum atomic E-state index is -0.992. The Hall–Kier alpha value is -0.910. The van der Waals surface area contributed by atoms with Crippen LogP contribution in [0.1, 0.15) is 20.8 Å². The molecule has 0 aromatic carbocycles. The third kappa shape index (κ3) is 3.28. The monoisotopic (exact) mass is 260 g/mol. The van der Waals surface area contributed by atoms with Gasteiger partial charge in [0.1, 0.15) is 6.04 Å². The van der Waals surface area contributed by atoms with Crippen LogP contribution in [-0.2, 0) is 20.4 Å². The zero-order valence-electron chi connectivity index (χ0n) is 10.7. The van der Waals surface area contributed by atoms with Gasteiger partial charge in [-0.3, -0.25) is 13.8 Å². The van der Waals surface area contributed by atoms with E-state index in [1.165, 1.54) is 0 Å². The number of rotatable bonds is 4. The van der Waals surface area contributed by atoms with Crippen molar-refractivity contribution in [1.82, 2.24) is 10.2 Å². The standard InChI is InChI=1S/C11H20N2O3S/c1-7(2)10-11(15)12-5-9(14)13(10)6-8(3)17(4)16/h7-8,10H,5-6H2,1-4H3,(H,12,15). The lowest BCUT2D eigenvalue weighted by Gasteiger charge is -2.38. The maximum Gasteiger partial charge on any atom is 0.243 e. The summed E-state index contributed by atoms with van der Waals surface area (Å²) in [5.41, 5.74) is 0. The van der Waals surface area contributed by atoms with Gasteiger partial charge in [-0.2, -0.15) is 0 Å². The molecule has 3 unspecified atom stereocenters. The molecule has 0 bridgehead atoms. The van der Waals surface area contributed by atoms with Gasteiger partial charge < -0.3 is 10.2 Å². The van der Waals surface area contributed by atoms with Crippen LogP contribution in [0.5, 0.6) is 0 Å². The van der Waals surface area contributed by atoms with Gasteiger partial charge in [0.15, 0.2) is 0 Å². The first-order valence-corrected chi connectivity index (χ1v) is 7.36. The lowest BCUT2D eigenvalue weighted by molar-refractivity contribution is -0.147. The normalized spacial score (nSPS) is 24.8. The van der Waals surface area contributed by atoms with Gasteiger partial charge in [0.25, 0.3) is 0 Å². The van der Waals surface area contributed by atoms with Gasteiger partial charge in [0, 0.05) is 28.9 Å². The van der Waals surface area contributed by atoms with Crippen molar-refractivity contribution in [2.75, 3.05) is 19.3 Å². The zero-order chi connectivity index (χ0) is 13.2. The van der Waals surface area contributed by atoms with Crippen molar-refractivity contribution in [1.29, 1.82) is 0 Å². The van der Waals surface area contributed by atoms with Crippen molar-refractivity contribution in [2.45, 2.75) is 32.1 Å². The van der Waals surface area contributed by atoms with Crippen LogP contribution < -0.4 is 5.32 Å². The number of amides is 2. The van der Waals surface area contributed by atoms with Crippen molar-refractivity contribution in [3.05, 3.63) is 0 Å². The minimum Gasteiger partial charge on any atom is -0.345 e. The van der Waals surface area contributed by atoms with Gasteiger partial charge in [0.2, 0.25) is 11.8 Å². The molecule has 1 N–H and O–H groups in total. The van der Waals surface area contributed by atoms with E-state index < -0.39 is 16.8 Å². The second kappa shape index (κ2) is 5.62. The Morgan fingerprint density at radius 3 is 2.47 bits per heavy atom. The molecule has 0 saturated carbocycles. The van der Waals surface area contributed by atoms with E-state index in [4.69, 9.17) is 0 Å². The Bertz CT molecular complexity index is 344. The number of carbonyl (C=O) groups excluding carboxylic acids is 2. The van der Waals surface area contributed by atoms with Crippen molar-refractivity contribution in [3.8, 4) is 0 Å². The summed E-state index contributed by atoms with van der Waals surface area (Å²) in [6.07, 6.45) is 1.61. The van der Waals surface area contributed by atoms with Crippen LogP contribution >= 0.6 is 0 Å². The Morgan fingerprint density at radius 1 is 1.41 bits per heavy atom. The van der Waals surface area contributed by atoms with Crippen molar-refractivity contribution >= 4 is 22.6 Å². The van der Waals surface area contributed by atoms with Crippen LogP contribution in [0.25, 0.3) is 0 Å². The number of piperazine rings is 1. The van der Waals surface area contributed by atoms with E-state index in [0.29, 0.717) is 6.54 Å². The number of carbonyl (C=O) groups is 2. The van der Waals surface area contributed by atoms with E-state index in [1.54, 1.807) is 11.2 Å². The maximum atomic E-state index is 11.8. The molecule has 1 heterocycles. The highest BCUT2D eigenvalue weighted by molar-refractivity contribution is 7.84. The van der Waals surface area contributed by atoms with Gasteiger partial charge in [-0.15, -0.1) is 0 Å². The predicted octanol–water partition coefficient (Wildman–Crippen LogP) is -0.264. The summed E-state index contributed by atoms with van der Waals surface area (Å²) in [5.74, 6) is -0.161. The maximum absolute atomic E-state index is 11.8. The van der Waals surface area contributed by atoms with E-state index >= 15 is 0 Å². The summed E-state index contributed by atoms with van der Waals surface area (Å²) in [4.78, 5) is 25.2. The molecule has 5 nitrogen and oxygen atoms in total. The highest BCUT2D eigenvalue weighted by Crippen LogP contribution is 2.16. The first-order valence-electron chi connectivity index (χ1n) is 5.74. The molecule has 0 aromatic heterocycles.